The molecule has 2 aromatic rings. The van der Waals surface area contributed by atoms with Crippen LogP contribution in [0.3, 0.4) is 0 Å². The van der Waals surface area contributed by atoms with Crippen LogP contribution < -0.4 is 10.6 Å². The average Bonchev–Trinajstić information content (AvgIpc) is 3.28. The lowest BCUT2D eigenvalue weighted by Crippen LogP contribution is -2.45. The standard InChI is InChI=1S/C24H25ClN4O2/c1-15(13-29-9-7-28(2)8-10-29)26-18-5-3-16-14-31-23(19(16)12-18)22-20-11-17(25)4-6-21(20)27-24(22)30/h3-6,11-12,26H,1,7-10,13-14H2,2H3,(H,27,30)/b23-22+. The first-order chi connectivity index (χ1) is 15.0. The van der Waals surface area contributed by atoms with E-state index in [1.54, 1.807) is 12.1 Å². The van der Waals surface area contributed by atoms with Gasteiger partial charge < -0.3 is 20.3 Å². The molecule has 1 amide bonds. The minimum Gasteiger partial charge on any atom is -0.487 e. The summed E-state index contributed by atoms with van der Waals surface area (Å²) in [6.07, 6.45) is 0. The van der Waals surface area contributed by atoms with E-state index in [0.29, 0.717) is 23.0 Å². The quantitative estimate of drug-likeness (QED) is 0.713. The molecule has 7 heteroatoms. The molecule has 0 radical (unpaired) electrons. The number of halogens is 1. The Morgan fingerprint density at radius 1 is 1.16 bits per heavy atom. The van der Waals surface area contributed by atoms with Crippen LogP contribution >= 0.6 is 11.6 Å². The van der Waals surface area contributed by atoms with Crippen molar-refractivity contribution < 1.29 is 9.53 Å². The Hall–Kier alpha value is -2.80. The maximum Gasteiger partial charge on any atom is 0.260 e. The lowest BCUT2D eigenvalue weighted by molar-refractivity contribution is -0.110. The molecule has 0 unspecified atom stereocenters. The molecule has 3 aliphatic heterocycles. The maximum absolute atomic E-state index is 12.7. The topological polar surface area (TPSA) is 56.8 Å². The van der Waals surface area contributed by atoms with Crippen LogP contribution in [-0.4, -0.2) is 55.5 Å². The van der Waals surface area contributed by atoms with Crippen LogP contribution in [0.15, 0.2) is 48.7 Å². The molecule has 6 nitrogen and oxygen atoms in total. The molecule has 0 aliphatic carbocycles. The summed E-state index contributed by atoms with van der Waals surface area (Å²) in [5, 5.41) is 6.92. The number of rotatable bonds is 4. The fourth-order valence-corrected chi connectivity index (χ4v) is 4.48. The monoisotopic (exact) mass is 436 g/mol. The molecule has 160 valence electrons. The van der Waals surface area contributed by atoms with Gasteiger partial charge in [-0.2, -0.15) is 0 Å². The van der Waals surface area contributed by atoms with Crippen molar-refractivity contribution in [2.24, 2.45) is 0 Å². The zero-order valence-electron chi connectivity index (χ0n) is 17.5. The Labute approximate surface area is 187 Å². The summed E-state index contributed by atoms with van der Waals surface area (Å²) in [6, 6.07) is 11.5. The molecule has 1 saturated heterocycles. The van der Waals surface area contributed by atoms with Gasteiger partial charge >= 0.3 is 0 Å². The molecular weight excluding hydrogens is 412 g/mol. The fraction of sp³-hybridized carbons (Fsp3) is 0.292. The number of hydrogen-bond acceptors (Lipinski definition) is 5. The Bertz CT molecular complexity index is 1100. The number of amides is 1. The predicted octanol–water partition coefficient (Wildman–Crippen LogP) is 3.86. The summed E-state index contributed by atoms with van der Waals surface area (Å²) in [7, 11) is 2.15. The first kappa shape index (κ1) is 20.1. The van der Waals surface area contributed by atoms with E-state index in [2.05, 4.69) is 34.1 Å². The van der Waals surface area contributed by atoms with Gasteiger partial charge in [-0.1, -0.05) is 24.2 Å². The van der Waals surface area contributed by atoms with Crippen molar-refractivity contribution in [1.29, 1.82) is 0 Å². The van der Waals surface area contributed by atoms with Gasteiger partial charge in [-0.3, -0.25) is 9.69 Å². The maximum atomic E-state index is 12.7. The first-order valence-corrected chi connectivity index (χ1v) is 10.8. The van der Waals surface area contributed by atoms with E-state index in [9.17, 15) is 4.79 Å². The number of nitrogens with zero attached hydrogens (tertiary/aromatic N) is 2. The fourth-order valence-electron chi connectivity index (χ4n) is 4.31. The number of hydrogen-bond donors (Lipinski definition) is 2. The van der Waals surface area contributed by atoms with Crippen molar-refractivity contribution in [3.8, 4) is 0 Å². The van der Waals surface area contributed by atoms with E-state index >= 15 is 0 Å². The number of benzene rings is 2. The van der Waals surface area contributed by atoms with Crippen molar-refractivity contribution >= 4 is 40.2 Å². The third-order valence-electron chi connectivity index (χ3n) is 6.01. The molecule has 1 fully saturated rings. The van der Waals surface area contributed by atoms with Gasteiger partial charge in [0, 0.05) is 71.5 Å². The minimum absolute atomic E-state index is 0.169. The third-order valence-corrected chi connectivity index (χ3v) is 6.25. The summed E-state index contributed by atoms with van der Waals surface area (Å²) in [6.45, 7) is 9.71. The van der Waals surface area contributed by atoms with E-state index in [4.69, 9.17) is 16.3 Å². The van der Waals surface area contributed by atoms with E-state index in [1.807, 2.05) is 24.3 Å². The average molecular weight is 437 g/mol. The minimum atomic E-state index is -0.169. The molecule has 0 spiro atoms. The molecule has 0 atom stereocenters. The number of anilines is 2. The van der Waals surface area contributed by atoms with Crippen LogP contribution in [0, 0.1) is 0 Å². The molecule has 2 aromatic carbocycles. The highest BCUT2D eigenvalue weighted by molar-refractivity contribution is 6.38. The second-order valence-corrected chi connectivity index (χ2v) is 8.75. The van der Waals surface area contributed by atoms with Gasteiger partial charge in [0.15, 0.2) is 0 Å². The van der Waals surface area contributed by atoms with Crippen molar-refractivity contribution in [2.75, 3.05) is 50.4 Å². The second kappa shape index (κ2) is 8.04. The summed E-state index contributed by atoms with van der Waals surface area (Å²) >= 11 is 6.18. The van der Waals surface area contributed by atoms with Crippen molar-refractivity contribution in [2.45, 2.75) is 6.61 Å². The van der Waals surface area contributed by atoms with Gasteiger partial charge in [0.05, 0.1) is 5.57 Å². The van der Waals surface area contributed by atoms with E-state index in [-0.39, 0.29) is 5.91 Å². The van der Waals surface area contributed by atoms with Gasteiger partial charge in [0.1, 0.15) is 12.4 Å². The van der Waals surface area contributed by atoms with Crippen LogP contribution in [0.25, 0.3) is 11.3 Å². The van der Waals surface area contributed by atoms with Gasteiger partial charge in [0.25, 0.3) is 5.91 Å². The van der Waals surface area contributed by atoms with Gasteiger partial charge in [-0.05, 0) is 37.4 Å². The third kappa shape index (κ3) is 3.94. The zero-order valence-corrected chi connectivity index (χ0v) is 18.3. The molecule has 3 heterocycles. The van der Waals surface area contributed by atoms with Crippen LogP contribution in [0.4, 0.5) is 11.4 Å². The smallest absolute Gasteiger partial charge is 0.260 e. The molecule has 0 saturated carbocycles. The molecule has 0 aromatic heterocycles. The normalized spacial score (nSPS) is 20.8. The van der Waals surface area contributed by atoms with E-state index in [1.165, 1.54) is 0 Å². The summed E-state index contributed by atoms with van der Waals surface area (Å²) in [5.74, 6) is 0.430. The summed E-state index contributed by atoms with van der Waals surface area (Å²) < 4.78 is 5.98. The number of nitrogens with one attached hydrogen (secondary N) is 2. The highest BCUT2D eigenvalue weighted by atomic mass is 35.5. The van der Waals surface area contributed by atoms with Crippen LogP contribution in [0.1, 0.15) is 16.7 Å². The lowest BCUT2D eigenvalue weighted by Gasteiger charge is -2.32. The number of carbonyl (C=O) groups is 1. The number of piperazine rings is 1. The highest BCUT2D eigenvalue weighted by Crippen LogP contribution is 2.43. The van der Waals surface area contributed by atoms with Crippen LogP contribution in [0.5, 0.6) is 0 Å². The molecule has 5 rings (SSSR count). The van der Waals surface area contributed by atoms with Gasteiger partial charge in [-0.25, -0.2) is 0 Å². The summed E-state index contributed by atoms with van der Waals surface area (Å²) in [4.78, 5) is 17.5. The summed E-state index contributed by atoms with van der Waals surface area (Å²) in [5.41, 5.74) is 5.93. The number of carbonyl (C=O) groups excluding carboxylic acids is 1. The van der Waals surface area contributed by atoms with Crippen molar-refractivity contribution in [3.63, 3.8) is 0 Å². The van der Waals surface area contributed by atoms with E-state index < -0.39 is 0 Å². The van der Waals surface area contributed by atoms with Gasteiger partial charge in [0.2, 0.25) is 0 Å². The number of ether oxygens (including phenoxy) is 1. The van der Waals surface area contributed by atoms with E-state index in [0.717, 1.165) is 66.5 Å². The SMILES string of the molecule is C=C(CN1CCN(C)CC1)Nc1ccc2c(c1)/C(=C1\C(=O)Nc3ccc(Cl)cc31)OC2. The molecular formula is C24H25ClN4O2. The Balaban J connectivity index is 1.39. The molecule has 3 aliphatic rings. The lowest BCUT2D eigenvalue weighted by atomic mass is 10.00. The highest BCUT2D eigenvalue weighted by Gasteiger charge is 2.32. The van der Waals surface area contributed by atoms with Gasteiger partial charge in [-0.15, -0.1) is 0 Å². The number of fused-ring (bicyclic) bond motifs is 2. The Kier molecular flexibility index (Phi) is 5.22. The molecule has 31 heavy (non-hydrogen) atoms. The zero-order chi connectivity index (χ0) is 21.5. The Morgan fingerprint density at radius 2 is 1.97 bits per heavy atom. The van der Waals surface area contributed by atoms with Crippen LogP contribution in [-0.2, 0) is 16.1 Å². The van der Waals surface area contributed by atoms with Crippen molar-refractivity contribution in [3.05, 3.63) is 70.4 Å². The second-order valence-electron chi connectivity index (χ2n) is 8.32. The molecule has 0 bridgehead atoms. The van der Waals surface area contributed by atoms with Crippen molar-refractivity contribution in [1.82, 2.24) is 9.80 Å². The Morgan fingerprint density at radius 3 is 2.77 bits per heavy atom. The first-order valence-electron chi connectivity index (χ1n) is 10.5. The largest absolute Gasteiger partial charge is 0.487 e. The predicted molar refractivity (Wildman–Crippen MR) is 125 cm³/mol. The number of likely N-dealkylation sites (N-methyl/N-ethyl adjacent to an activating group) is 1. The van der Waals surface area contributed by atoms with Crippen LogP contribution in [0.2, 0.25) is 5.02 Å². The molecule has 2 N–H and O–H groups in total.